The van der Waals surface area contributed by atoms with E-state index in [2.05, 4.69) is 15.2 Å². The molecule has 10 heteroatoms. The van der Waals surface area contributed by atoms with Crippen molar-refractivity contribution in [3.05, 3.63) is 53.3 Å². The average Bonchev–Trinajstić information content (AvgIpc) is 2.82. The summed E-state index contributed by atoms with van der Waals surface area (Å²) in [4.78, 5) is 26.9. The lowest BCUT2D eigenvalue weighted by atomic mass is 9.96. The molecule has 2 N–H and O–H groups in total. The monoisotopic (exact) mass is 536 g/mol. The lowest BCUT2D eigenvalue weighted by molar-refractivity contribution is -0.118. The maximum atomic E-state index is 16.5. The number of aromatic hydroxyl groups is 1. The molecule has 2 heterocycles. The number of aromatic nitrogens is 2. The van der Waals surface area contributed by atoms with Crippen molar-refractivity contribution in [3.63, 3.8) is 0 Å². The molecule has 0 aliphatic carbocycles. The summed E-state index contributed by atoms with van der Waals surface area (Å²) < 4.78 is 16.5. The summed E-state index contributed by atoms with van der Waals surface area (Å²) >= 11 is 6.74. The van der Waals surface area contributed by atoms with E-state index in [0.29, 0.717) is 41.8 Å². The Morgan fingerprint density at radius 2 is 1.89 bits per heavy atom. The predicted molar refractivity (Wildman–Crippen MR) is 151 cm³/mol. The largest absolute Gasteiger partial charge is 0.508 e. The van der Waals surface area contributed by atoms with E-state index in [1.807, 2.05) is 55.2 Å². The topological polar surface area (TPSA) is 84.8 Å². The number of halogens is 2. The van der Waals surface area contributed by atoms with E-state index in [1.165, 1.54) is 13.0 Å². The Morgan fingerprint density at radius 1 is 1.16 bits per heavy atom. The standard InChI is InChI=1S/C28H30ClFN6O2/c1-16(37)31-9-10-35(4)27-22-13-23(29)24(21-12-19(38)11-17-7-5-6-8-20(17)21)25(30)26(22)32-28(33-27)36-14-18(15-36)34(2)3/h5-8,11-13,18,38H,9-10,14-15H2,1-4H3,(H,31,37). The van der Waals surface area contributed by atoms with Gasteiger partial charge in [-0.1, -0.05) is 35.9 Å². The second-order valence-corrected chi connectivity index (χ2v) is 10.3. The number of nitrogens with one attached hydrogen (secondary N) is 1. The molecular formula is C28H30ClFN6O2. The Labute approximate surface area is 225 Å². The van der Waals surface area contributed by atoms with Gasteiger partial charge in [0.2, 0.25) is 11.9 Å². The molecule has 1 aliphatic rings. The maximum Gasteiger partial charge on any atom is 0.228 e. The molecule has 3 aromatic carbocycles. The fourth-order valence-electron chi connectivity index (χ4n) is 4.80. The summed E-state index contributed by atoms with van der Waals surface area (Å²) in [5.74, 6) is 0.278. The Morgan fingerprint density at radius 3 is 2.61 bits per heavy atom. The van der Waals surface area contributed by atoms with E-state index in [-0.39, 0.29) is 27.8 Å². The number of likely N-dealkylation sites (N-methyl/N-ethyl adjacent to an activating group) is 2. The first kappa shape index (κ1) is 25.9. The van der Waals surface area contributed by atoms with E-state index < -0.39 is 5.82 Å². The van der Waals surface area contributed by atoms with Gasteiger partial charge in [0, 0.05) is 57.1 Å². The highest BCUT2D eigenvalue weighted by Crippen LogP contribution is 2.42. The lowest BCUT2D eigenvalue weighted by Gasteiger charge is -2.43. The number of anilines is 2. The molecular weight excluding hydrogens is 507 g/mol. The molecule has 1 saturated heterocycles. The van der Waals surface area contributed by atoms with E-state index >= 15 is 4.39 Å². The van der Waals surface area contributed by atoms with Crippen molar-refractivity contribution in [2.24, 2.45) is 0 Å². The smallest absolute Gasteiger partial charge is 0.228 e. The van der Waals surface area contributed by atoms with E-state index in [1.54, 1.807) is 12.1 Å². The highest BCUT2D eigenvalue weighted by Gasteiger charge is 2.32. The molecule has 198 valence electrons. The van der Waals surface area contributed by atoms with Crippen LogP contribution in [0.2, 0.25) is 5.02 Å². The number of phenolic OH excluding ortho intramolecular Hbond substituents is 1. The number of phenols is 1. The highest BCUT2D eigenvalue weighted by molar-refractivity contribution is 6.35. The van der Waals surface area contributed by atoms with Gasteiger partial charge in [0.1, 0.15) is 17.1 Å². The molecule has 38 heavy (non-hydrogen) atoms. The van der Waals surface area contributed by atoms with Crippen molar-refractivity contribution in [1.29, 1.82) is 0 Å². The minimum atomic E-state index is -0.576. The van der Waals surface area contributed by atoms with Crippen LogP contribution in [0.4, 0.5) is 16.2 Å². The minimum Gasteiger partial charge on any atom is -0.508 e. The fraction of sp³-hybridized carbons (Fsp3) is 0.321. The Kier molecular flexibility index (Phi) is 6.98. The van der Waals surface area contributed by atoms with E-state index in [4.69, 9.17) is 16.6 Å². The van der Waals surface area contributed by atoms with Gasteiger partial charge in [0.05, 0.1) is 5.02 Å². The number of carbonyl (C=O) groups excluding carboxylic acids is 1. The summed E-state index contributed by atoms with van der Waals surface area (Å²) in [7, 11) is 5.89. The Balaban J connectivity index is 1.68. The average molecular weight is 537 g/mol. The third-order valence-corrected chi connectivity index (χ3v) is 7.32. The SMILES string of the molecule is CC(=O)NCCN(C)c1nc(N2CC(N(C)C)C2)nc2c(F)c(-c3cc(O)cc4ccccc34)c(Cl)cc12. The van der Waals surface area contributed by atoms with Crippen molar-refractivity contribution in [1.82, 2.24) is 20.2 Å². The van der Waals surface area contributed by atoms with Crippen molar-refractivity contribution < 1.29 is 14.3 Å². The number of hydrogen-bond acceptors (Lipinski definition) is 7. The highest BCUT2D eigenvalue weighted by atomic mass is 35.5. The molecule has 4 aromatic rings. The van der Waals surface area contributed by atoms with Crippen molar-refractivity contribution in [2.45, 2.75) is 13.0 Å². The van der Waals surface area contributed by atoms with E-state index in [9.17, 15) is 9.90 Å². The number of nitrogens with zero attached hydrogens (tertiary/aromatic N) is 5. The van der Waals surface area contributed by atoms with Gasteiger partial charge in [-0.2, -0.15) is 4.98 Å². The normalized spacial score (nSPS) is 13.8. The molecule has 1 amide bonds. The van der Waals surface area contributed by atoms with Gasteiger partial charge < -0.3 is 25.1 Å². The van der Waals surface area contributed by atoms with Crippen LogP contribution in [0.3, 0.4) is 0 Å². The number of fused-ring (bicyclic) bond motifs is 2. The maximum absolute atomic E-state index is 16.5. The molecule has 0 bridgehead atoms. The van der Waals surface area contributed by atoms with E-state index in [0.717, 1.165) is 23.9 Å². The summed E-state index contributed by atoms with van der Waals surface area (Å²) in [6.45, 7) is 3.79. The zero-order valence-electron chi connectivity index (χ0n) is 21.8. The van der Waals surface area contributed by atoms with Gasteiger partial charge >= 0.3 is 0 Å². The van der Waals surface area contributed by atoms with Crippen LogP contribution in [0.15, 0.2) is 42.5 Å². The number of hydrogen-bond donors (Lipinski definition) is 2. The molecule has 0 spiro atoms. The summed E-state index contributed by atoms with van der Waals surface area (Å²) in [6.07, 6.45) is 0. The van der Waals surface area contributed by atoms with Gasteiger partial charge in [0.25, 0.3) is 0 Å². The Hall–Kier alpha value is -3.69. The van der Waals surface area contributed by atoms with Gasteiger partial charge in [-0.25, -0.2) is 9.37 Å². The van der Waals surface area contributed by atoms with Crippen LogP contribution >= 0.6 is 11.6 Å². The third kappa shape index (κ3) is 4.79. The second kappa shape index (κ2) is 10.2. The quantitative estimate of drug-likeness (QED) is 0.365. The van der Waals surface area contributed by atoms with Crippen molar-refractivity contribution in [2.75, 3.05) is 57.1 Å². The molecule has 0 radical (unpaired) electrons. The van der Waals surface area contributed by atoms with Crippen molar-refractivity contribution >= 4 is 50.9 Å². The van der Waals surface area contributed by atoms with Crippen molar-refractivity contribution in [3.8, 4) is 16.9 Å². The molecule has 0 saturated carbocycles. The summed E-state index contributed by atoms with van der Waals surface area (Å²) in [5, 5.41) is 15.4. The number of carbonyl (C=O) groups is 1. The summed E-state index contributed by atoms with van der Waals surface area (Å²) in [5.41, 5.74) is 0.816. The first-order valence-corrected chi connectivity index (χ1v) is 12.8. The molecule has 1 aliphatic heterocycles. The van der Waals surface area contributed by atoms with Crippen LogP contribution in [0.25, 0.3) is 32.8 Å². The Bertz CT molecular complexity index is 1540. The number of benzene rings is 3. The van der Waals surface area contributed by atoms with Gasteiger partial charge in [-0.3, -0.25) is 4.79 Å². The van der Waals surface area contributed by atoms with Gasteiger partial charge in [0.15, 0.2) is 5.82 Å². The summed E-state index contributed by atoms with van der Waals surface area (Å²) in [6, 6.07) is 12.7. The van der Waals surface area contributed by atoms with Crippen LogP contribution < -0.4 is 15.1 Å². The molecule has 1 aromatic heterocycles. The van der Waals surface area contributed by atoms with Crippen LogP contribution in [0, 0.1) is 5.82 Å². The molecule has 1 fully saturated rings. The van der Waals surface area contributed by atoms with Gasteiger partial charge in [-0.05, 0) is 48.6 Å². The van der Waals surface area contributed by atoms with Gasteiger partial charge in [-0.15, -0.1) is 0 Å². The molecule has 0 unspecified atom stereocenters. The number of amides is 1. The number of rotatable bonds is 7. The van der Waals surface area contributed by atoms with Crippen LogP contribution in [-0.2, 0) is 4.79 Å². The zero-order valence-corrected chi connectivity index (χ0v) is 22.6. The molecule has 8 nitrogen and oxygen atoms in total. The molecule has 5 rings (SSSR count). The first-order valence-electron chi connectivity index (χ1n) is 12.4. The van der Waals surface area contributed by atoms with Crippen LogP contribution in [0.1, 0.15) is 6.92 Å². The second-order valence-electron chi connectivity index (χ2n) is 9.93. The van der Waals surface area contributed by atoms with Crippen LogP contribution in [0.5, 0.6) is 5.75 Å². The minimum absolute atomic E-state index is 0.0198. The fourth-order valence-corrected chi connectivity index (χ4v) is 5.09. The lowest BCUT2D eigenvalue weighted by Crippen LogP contribution is -2.58. The molecule has 0 atom stereocenters. The third-order valence-electron chi connectivity index (χ3n) is 7.03. The first-order chi connectivity index (χ1) is 18.1. The zero-order chi connectivity index (χ0) is 27.1. The van der Waals surface area contributed by atoms with Crippen LogP contribution in [-0.4, -0.2) is 79.2 Å². The predicted octanol–water partition coefficient (Wildman–Crippen LogP) is 4.27.